The molecule has 8 heteroatoms. The fourth-order valence-electron chi connectivity index (χ4n) is 2.76. The number of rotatable bonds is 8. The van der Waals surface area contributed by atoms with Crippen LogP contribution in [0.15, 0.2) is 41.3 Å². The van der Waals surface area contributed by atoms with Gasteiger partial charge in [0.1, 0.15) is 5.82 Å². The van der Waals surface area contributed by atoms with Crippen LogP contribution in [0, 0.1) is 0 Å². The van der Waals surface area contributed by atoms with E-state index in [4.69, 9.17) is 26.7 Å². The molecule has 2 heterocycles. The second-order valence-corrected chi connectivity index (χ2v) is 8.73. The number of nitrogens with zero attached hydrogens (tertiary/aromatic N) is 2. The molecule has 0 unspecified atom stereocenters. The first-order valence-electron chi connectivity index (χ1n) is 8.87. The lowest BCUT2D eigenvalue weighted by molar-refractivity contribution is -0.133. The largest absolute Gasteiger partial charge is 0.481 e. The van der Waals surface area contributed by atoms with E-state index < -0.39 is 5.97 Å². The lowest BCUT2D eigenvalue weighted by atomic mass is 10.1. The first kappa shape index (κ1) is 20.6. The number of carboxylic acids is 1. The number of carbonyl (C=O) groups is 1. The van der Waals surface area contributed by atoms with Gasteiger partial charge in [-0.2, -0.15) is 0 Å². The van der Waals surface area contributed by atoms with Gasteiger partial charge >= 0.3 is 5.97 Å². The van der Waals surface area contributed by atoms with E-state index in [9.17, 15) is 4.79 Å². The number of nitrogens with one attached hydrogen (secondary N) is 1. The SMILES string of the molecule is CCc1nc(-c2ccc(Cl)s2)nc(Nc2ccc(SCC(=O)O)cc2)c1CC. The Morgan fingerprint density at radius 1 is 1.14 bits per heavy atom. The normalized spacial score (nSPS) is 10.8. The Morgan fingerprint density at radius 3 is 2.46 bits per heavy atom. The number of thiophene rings is 1. The molecule has 0 saturated carbocycles. The molecule has 2 N–H and O–H groups in total. The topological polar surface area (TPSA) is 75.1 Å². The smallest absolute Gasteiger partial charge is 0.313 e. The van der Waals surface area contributed by atoms with Crippen LogP contribution in [-0.4, -0.2) is 26.8 Å². The van der Waals surface area contributed by atoms with Gasteiger partial charge in [0.15, 0.2) is 5.82 Å². The molecular formula is C20H20ClN3O2S2. The van der Waals surface area contributed by atoms with Crippen LogP contribution in [0.25, 0.3) is 10.7 Å². The second-order valence-electron chi connectivity index (χ2n) is 5.96. The Balaban J connectivity index is 1.90. The van der Waals surface area contributed by atoms with E-state index in [0.29, 0.717) is 10.2 Å². The van der Waals surface area contributed by atoms with E-state index >= 15 is 0 Å². The van der Waals surface area contributed by atoms with Crippen LogP contribution >= 0.6 is 34.7 Å². The second kappa shape index (κ2) is 9.41. The van der Waals surface area contributed by atoms with Crippen molar-refractivity contribution in [2.75, 3.05) is 11.1 Å². The third kappa shape index (κ3) is 5.04. The number of benzene rings is 1. The van der Waals surface area contributed by atoms with Gasteiger partial charge in [0.25, 0.3) is 0 Å². The predicted octanol–water partition coefficient (Wildman–Crippen LogP) is 5.90. The van der Waals surface area contributed by atoms with E-state index in [2.05, 4.69) is 19.2 Å². The summed E-state index contributed by atoms with van der Waals surface area (Å²) in [7, 11) is 0. The quantitative estimate of drug-likeness (QED) is 0.430. The van der Waals surface area contributed by atoms with Gasteiger partial charge in [0.2, 0.25) is 0 Å². The summed E-state index contributed by atoms with van der Waals surface area (Å²) in [6, 6.07) is 11.5. The minimum absolute atomic E-state index is 0.0469. The average molecular weight is 434 g/mol. The lowest BCUT2D eigenvalue weighted by Gasteiger charge is -2.15. The Hall–Kier alpha value is -2.09. The number of aromatic nitrogens is 2. The maximum absolute atomic E-state index is 10.7. The minimum atomic E-state index is -0.825. The van der Waals surface area contributed by atoms with Crippen molar-refractivity contribution in [1.82, 2.24) is 9.97 Å². The van der Waals surface area contributed by atoms with Gasteiger partial charge in [-0.3, -0.25) is 4.79 Å². The summed E-state index contributed by atoms with van der Waals surface area (Å²) < 4.78 is 0.708. The number of hydrogen-bond donors (Lipinski definition) is 2. The molecule has 0 spiro atoms. The standard InChI is InChI=1S/C20H20ClN3O2S2/c1-3-14-15(4-2)23-20(16-9-10-17(21)28-16)24-19(14)22-12-5-7-13(8-6-12)27-11-18(25)26/h5-10H,3-4,11H2,1-2H3,(H,25,26)(H,22,23,24). The summed E-state index contributed by atoms with van der Waals surface area (Å²) >= 11 is 8.84. The predicted molar refractivity (Wildman–Crippen MR) is 117 cm³/mol. The average Bonchev–Trinajstić information content (AvgIpc) is 3.13. The van der Waals surface area contributed by atoms with Crippen molar-refractivity contribution in [2.45, 2.75) is 31.6 Å². The summed E-state index contributed by atoms with van der Waals surface area (Å²) in [6.07, 6.45) is 1.64. The van der Waals surface area contributed by atoms with Crippen LogP contribution in [0.4, 0.5) is 11.5 Å². The molecule has 2 aromatic heterocycles. The molecule has 0 aliphatic carbocycles. The molecule has 146 valence electrons. The molecule has 0 fully saturated rings. The van der Waals surface area contributed by atoms with Crippen molar-refractivity contribution >= 4 is 52.2 Å². The summed E-state index contributed by atoms with van der Waals surface area (Å²) in [5.74, 6) is 0.682. The summed E-state index contributed by atoms with van der Waals surface area (Å²) in [5, 5.41) is 12.2. The maximum atomic E-state index is 10.7. The Kier molecular flexibility index (Phi) is 6.93. The van der Waals surface area contributed by atoms with Gasteiger partial charge in [-0.05, 0) is 49.2 Å². The van der Waals surface area contributed by atoms with Crippen molar-refractivity contribution in [3.8, 4) is 10.7 Å². The third-order valence-electron chi connectivity index (χ3n) is 4.05. The molecule has 28 heavy (non-hydrogen) atoms. The highest BCUT2D eigenvalue weighted by molar-refractivity contribution is 8.00. The molecule has 0 atom stereocenters. The van der Waals surface area contributed by atoms with Crippen molar-refractivity contribution < 1.29 is 9.90 Å². The van der Waals surface area contributed by atoms with Crippen LogP contribution in [0.1, 0.15) is 25.1 Å². The number of anilines is 2. The first-order chi connectivity index (χ1) is 13.5. The molecule has 1 aromatic carbocycles. The van der Waals surface area contributed by atoms with Crippen LogP contribution in [-0.2, 0) is 17.6 Å². The van der Waals surface area contributed by atoms with Crippen molar-refractivity contribution in [3.05, 3.63) is 52.0 Å². The molecule has 0 amide bonds. The minimum Gasteiger partial charge on any atom is -0.481 e. The van der Waals surface area contributed by atoms with Crippen LogP contribution < -0.4 is 5.32 Å². The van der Waals surface area contributed by atoms with Gasteiger partial charge in [0.05, 0.1) is 15.0 Å². The van der Waals surface area contributed by atoms with E-state index in [1.54, 1.807) is 0 Å². The van der Waals surface area contributed by atoms with E-state index in [1.807, 2.05) is 36.4 Å². The lowest BCUT2D eigenvalue weighted by Crippen LogP contribution is -2.06. The number of hydrogen-bond acceptors (Lipinski definition) is 6. The zero-order chi connectivity index (χ0) is 20.1. The highest BCUT2D eigenvalue weighted by Gasteiger charge is 2.15. The Bertz CT molecular complexity index is 974. The van der Waals surface area contributed by atoms with Crippen LogP contribution in [0.3, 0.4) is 0 Å². The first-order valence-corrected chi connectivity index (χ1v) is 11.0. The number of aryl methyl sites for hydroxylation is 1. The van der Waals surface area contributed by atoms with Gasteiger partial charge in [0, 0.05) is 21.8 Å². The number of aliphatic carboxylic acids is 1. The number of halogens is 1. The third-order valence-corrected chi connectivity index (χ3v) is 6.28. The summed E-state index contributed by atoms with van der Waals surface area (Å²) in [5.41, 5.74) is 3.01. The fourth-order valence-corrected chi connectivity index (χ4v) is 4.35. The molecule has 3 rings (SSSR count). The zero-order valence-electron chi connectivity index (χ0n) is 15.5. The van der Waals surface area contributed by atoms with Crippen molar-refractivity contribution in [1.29, 1.82) is 0 Å². The van der Waals surface area contributed by atoms with E-state index in [1.165, 1.54) is 23.1 Å². The molecule has 3 aromatic rings. The van der Waals surface area contributed by atoms with Crippen molar-refractivity contribution in [2.24, 2.45) is 0 Å². The van der Waals surface area contributed by atoms with Gasteiger partial charge in [-0.1, -0.05) is 25.4 Å². The summed E-state index contributed by atoms with van der Waals surface area (Å²) in [6.45, 7) is 4.18. The molecule has 0 bridgehead atoms. The number of thioether (sulfide) groups is 1. The molecule has 0 aliphatic heterocycles. The molecular weight excluding hydrogens is 414 g/mol. The monoisotopic (exact) mass is 433 g/mol. The molecule has 5 nitrogen and oxygen atoms in total. The van der Waals surface area contributed by atoms with Gasteiger partial charge < -0.3 is 10.4 Å². The Morgan fingerprint density at radius 2 is 1.89 bits per heavy atom. The molecule has 0 aliphatic rings. The van der Waals surface area contributed by atoms with Crippen LogP contribution in [0.5, 0.6) is 0 Å². The highest BCUT2D eigenvalue weighted by Crippen LogP contribution is 2.32. The van der Waals surface area contributed by atoms with E-state index in [-0.39, 0.29) is 5.75 Å². The molecule has 0 saturated heterocycles. The molecule has 0 radical (unpaired) electrons. The van der Waals surface area contributed by atoms with Gasteiger partial charge in [-0.25, -0.2) is 9.97 Å². The van der Waals surface area contributed by atoms with Gasteiger partial charge in [-0.15, -0.1) is 23.1 Å². The maximum Gasteiger partial charge on any atom is 0.313 e. The fraction of sp³-hybridized carbons (Fsp3) is 0.250. The zero-order valence-corrected chi connectivity index (χ0v) is 17.9. The summed E-state index contributed by atoms with van der Waals surface area (Å²) in [4.78, 5) is 22.1. The highest BCUT2D eigenvalue weighted by atomic mass is 35.5. The number of carboxylic acid groups (broad SMARTS) is 1. The Labute approximate surface area is 177 Å². The van der Waals surface area contributed by atoms with E-state index in [0.717, 1.165) is 45.4 Å². The van der Waals surface area contributed by atoms with Crippen LogP contribution in [0.2, 0.25) is 4.34 Å². The van der Waals surface area contributed by atoms with Crippen molar-refractivity contribution in [3.63, 3.8) is 0 Å².